The van der Waals surface area contributed by atoms with Crippen LogP contribution in [0.25, 0.3) is 0 Å². The summed E-state index contributed by atoms with van der Waals surface area (Å²) in [4.78, 5) is 0. The number of benzene rings is 1. The molecule has 1 rings (SSSR count). The van der Waals surface area contributed by atoms with Crippen LogP contribution in [0.2, 0.25) is 15.1 Å². The van der Waals surface area contributed by atoms with E-state index in [0.717, 1.165) is 0 Å². The summed E-state index contributed by atoms with van der Waals surface area (Å²) < 4.78 is 0. The van der Waals surface area contributed by atoms with Gasteiger partial charge >= 0.3 is 0 Å². The Morgan fingerprint density at radius 1 is 1.00 bits per heavy atom. The highest BCUT2D eigenvalue weighted by Crippen LogP contribution is 2.33. The third-order valence-corrected chi connectivity index (χ3v) is 2.15. The summed E-state index contributed by atoms with van der Waals surface area (Å²) >= 11 is 16.6. The maximum absolute atomic E-state index is 10.6. The molecule has 0 atom stereocenters. The van der Waals surface area contributed by atoms with Crippen LogP contribution in [-0.4, -0.2) is 0 Å². The first-order valence-electron chi connectivity index (χ1n) is 2.43. The third kappa shape index (κ3) is 1.48. The van der Waals surface area contributed by atoms with E-state index < -0.39 is 0 Å². The van der Waals surface area contributed by atoms with Crippen molar-refractivity contribution in [3.63, 3.8) is 0 Å². The second-order valence-corrected chi connectivity index (χ2v) is 2.89. The predicted molar refractivity (Wildman–Crippen MR) is 41.6 cm³/mol. The van der Waals surface area contributed by atoms with E-state index in [-0.39, 0.29) is 20.8 Å². The van der Waals surface area contributed by atoms with E-state index in [1.165, 1.54) is 12.1 Å². The molecule has 0 fully saturated rings. The van der Waals surface area contributed by atoms with Crippen molar-refractivity contribution in [3.05, 3.63) is 27.2 Å². The van der Waals surface area contributed by atoms with Crippen molar-refractivity contribution < 1.29 is 5.11 Å². The van der Waals surface area contributed by atoms with Crippen molar-refractivity contribution in [2.45, 2.75) is 0 Å². The second kappa shape index (κ2) is 2.87. The first kappa shape index (κ1) is 7.99. The molecule has 0 aliphatic carbocycles. The molecular weight excluding hydrogens is 194 g/mol. The first-order chi connectivity index (χ1) is 4.61. The molecule has 0 aliphatic heterocycles. The summed E-state index contributed by atoms with van der Waals surface area (Å²) in [6, 6.07) is 2.44. The number of hydrogen-bond acceptors (Lipinski definition) is 0. The van der Waals surface area contributed by atoms with Gasteiger partial charge in [0.15, 0.2) is 5.75 Å². The smallest absolute Gasteiger partial charge is 0.181 e. The van der Waals surface area contributed by atoms with Crippen molar-refractivity contribution >= 4 is 34.8 Å². The molecule has 0 heterocycles. The lowest BCUT2D eigenvalue weighted by atomic mass is 10.3. The largest absolute Gasteiger partial charge is 0.290 e. The lowest BCUT2D eigenvalue weighted by Gasteiger charge is -1.96. The highest BCUT2D eigenvalue weighted by molar-refractivity contribution is 6.48. The lowest BCUT2D eigenvalue weighted by Crippen LogP contribution is -1.70. The number of halogens is 3. The van der Waals surface area contributed by atoms with E-state index in [9.17, 15) is 5.11 Å². The second-order valence-electron chi connectivity index (χ2n) is 1.70. The van der Waals surface area contributed by atoms with Gasteiger partial charge in [-0.3, -0.25) is 5.11 Å². The van der Waals surface area contributed by atoms with E-state index in [0.29, 0.717) is 0 Å². The quantitative estimate of drug-likeness (QED) is 0.563. The van der Waals surface area contributed by atoms with Gasteiger partial charge < -0.3 is 0 Å². The molecule has 0 saturated carbocycles. The molecular formula is C6H2Cl3O. The number of rotatable bonds is 0. The van der Waals surface area contributed by atoms with E-state index in [4.69, 9.17) is 34.8 Å². The molecule has 53 valence electrons. The van der Waals surface area contributed by atoms with Crippen LogP contribution in [0.4, 0.5) is 0 Å². The van der Waals surface area contributed by atoms with Gasteiger partial charge in [0, 0.05) is 12.1 Å². The monoisotopic (exact) mass is 195 g/mol. The summed E-state index contributed by atoms with van der Waals surface area (Å²) in [6.07, 6.45) is 0. The maximum Gasteiger partial charge on any atom is 0.181 e. The molecule has 0 N–H and O–H groups in total. The topological polar surface area (TPSA) is 19.9 Å². The summed E-state index contributed by atoms with van der Waals surface area (Å²) in [5.74, 6) is -0.237. The highest BCUT2D eigenvalue weighted by Gasteiger charge is 2.04. The fraction of sp³-hybridized carbons (Fsp3) is 0. The zero-order valence-electron chi connectivity index (χ0n) is 4.70. The molecule has 0 aromatic heterocycles. The lowest BCUT2D eigenvalue weighted by molar-refractivity contribution is 0.355. The van der Waals surface area contributed by atoms with Crippen molar-refractivity contribution in [1.29, 1.82) is 0 Å². The Hall–Kier alpha value is -0.110. The summed E-state index contributed by atoms with van der Waals surface area (Å²) in [6.45, 7) is 0. The minimum absolute atomic E-state index is 0.194. The number of hydrogen-bond donors (Lipinski definition) is 0. The fourth-order valence-electron chi connectivity index (χ4n) is 0.532. The van der Waals surface area contributed by atoms with Crippen molar-refractivity contribution in [1.82, 2.24) is 0 Å². The van der Waals surface area contributed by atoms with E-state index >= 15 is 0 Å². The fourth-order valence-corrected chi connectivity index (χ4v) is 1.11. The van der Waals surface area contributed by atoms with E-state index in [1.807, 2.05) is 0 Å². The molecule has 1 nitrogen and oxygen atoms in total. The van der Waals surface area contributed by atoms with Crippen LogP contribution in [0.5, 0.6) is 5.75 Å². The molecule has 1 aromatic carbocycles. The SMILES string of the molecule is [O]c1cc(Cl)c(Cl)c(Cl)c1. The standard InChI is InChI=1S/C6H2Cl3O/c7-4-1-3(10)2-5(8)6(4)9/h1-2H. The Morgan fingerprint density at radius 3 is 1.80 bits per heavy atom. The van der Waals surface area contributed by atoms with Gasteiger partial charge in [0.1, 0.15) is 0 Å². The molecule has 0 spiro atoms. The van der Waals surface area contributed by atoms with E-state index in [1.54, 1.807) is 0 Å². The predicted octanol–water partition coefficient (Wildman–Crippen LogP) is 3.79. The van der Waals surface area contributed by atoms with Gasteiger partial charge in [-0.15, -0.1) is 0 Å². The molecule has 1 aromatic rings. The molecule has 0 saturated heterocycles. The summed E-state index contributed by atoms with van der Waals surface area (Å²) in [5, 5.41) is 11.2. The van der Waals surface area contributed by atoms with Crippen LogP contribution >= 0.6 is 34.8 Å². The zero-order valence-corrected chi connectivity index (χ0v) is 6.96. The van der Waals surface area contributed by atoms with Crippen LogP contribution < -0.4 is 0 Å². The van der Waals surface area contributed by atoms with Gasteiger partial charge in [-0.25, -0.2) is 0 Å². The van der Waals surface area contributed by atoms with Crippen LogP contribution in [0, 0.1) is 0 Å². The molecule has 1 radical (unpaired) electrons. The van der Waals surface area contributed by atoms with Crippen LogP contribution in [0.15, 0.2) is 12.1 Å². The van der Waals surface area contributed by atoms with Crippen LogP contribution in [-0.2, 0) is 5.11 Å². The molecule has 10 heavy (non-hydrogen) atoms. The van der Waals surface area contributed by atoms with Crippen molar-refractivity contribution in [3.8, 4) is 5.75 Å². The average molecular weight is 196 g/mol. The Morgan fingerprint density at radius 2 is 1.40 bits per heavy atom. The van der Waals surface area contributed by atoms with Crippen molar-refractivity contribution in [2.75, 3.05) is 0 Å². The Kier molecular flexibility index (Phi) is 2.29. The third-order valence-electron chi connectivity index (χ3n) is 0.957. The Bertz CT molecular complexity index is 236. The molecule has 4 heteroatoms. The van der Waals surface area contributed by atoms with Gasteiger partial charge in [0.2, 0.25) is 0 Å². The molecule has 0 amide bonds. The Labute approximate surface area is 73.1 Å². The zero-order chi connectivity index (χ0) is 7.72. The van der Waals surface area contributed by atoms with Gasteiger partial charge in [-0.05, 0) is 0 Å². The summed E-state index contributed by atoms with van der Waals surface area (Å²) in [5.41, 5.74) is 0. The Balaban J connectivity index is 3.31. The maximum atomic E-state index is 10.6. The minimum atomic E-state index is -0.237. The van der Waals surface area contributed by atoms with Crippen LogP contribution in [0.3, 0.4) is 0 Å². The minimum Gasteiger partial charge on any atom is -0.290 e. The normalized spacial score (nSPS) is 9.90. The van der Waals surface area contributed by atoms with Crippen molar-refractivity contribution in [2.24, 2.45) is 0 Å². The molecule has 0 aliphatic rings. The van der Waals surface area contributed by atoms with Crippen LogP contribution in [0.1, 0.15) is 0 Å². The molecule has 0 bridgehead atoms. The first-order valence-corrected chi connectivity index (χ1v) is 3.56. The summed E-state index contributed by atoms with van der Waals surface area (Å²) in [7, 11) is 0. The highest BCUT2D eigenvalue weighted by atomic mass is 35.5. The van der Waals surface area contributed by atoms with E-state index in [2.05, 4.69) is 0 Å². The molecule has 0 unspecified atom stereocenters. The van der Waals surface area contributed by atoms with Gasteiger partial charge in [0.25, 0.3) is 0 Å². The van der Waals surface area contributed by atoms with Gasteiger partial charge in [-0.2, -0.15) is 0 Å². The van der Waals surface area contributed by atoms with Gasteiger partial charge in [-0.1, -0.05) is 34.8 Å². The van der Waals surface area contributed by atoms with Gasteiger partial charge in [0.05, 0.1) is 15.1 Å². The average Bonchev–Trinajstić information content (AvgIpc) is 1.82.